The van der Waals surface area contributed by atoms with Gasteiger partial charge in [0.2, 0.25) is 70.9 Å². The first-order chi connectivity index (χ1) is 44.1. The van der Waals surface area contributed by atoms with Gasteiger partial charge in [-0.05, 0) is 68.7 Å². The van der Waals surface area contributed by atoms with Crippen LogP contribution < -0.4 is 69.5 Å². The van der Waals surface area contributed by atoms with E-state index in [2.05, 4.69) is 68.5 Å². The predicted octanol–water partition coefficient (Wildman–Crippen LogP) is -7.82. The molecule has 94 heavy (non-hydrogen) atoms. The normalized spacial score (nSPS) is 15.3. The summed E-state index contributed by atoms with van der Waals surface area (Å²) >= 11 is 1.26. The van der Waals surface area contributed by atoms with Crippen molar-refractivity contribution < 1.29 is 108 Å². The topological polar surface area (TPSA) is 597 Å². The Morgan fingerprint density at radius 3 is 1.28 bits per heavy atom. The average Bonchev–Trinajstić information content (AvgIpc) is 0.959. The van der Waals surface area contributed by atoms with Crippen LogP contribution in [0, 0.1) is 11.8 Å². The van der Waals surface area contributed by atoms with Crippen molar-refractivity contribution >= 4 is 101 Å². The maximum absolute atomic E-state index is 14.0. The van der Waals surface area contributed by atoms with E-state index in [0.29, 0.717) is 11.3 Å². The van der Waals surface area contributed by atoms with Crippen LogP contribution >= 0.6 is 11.8 Å². The number of carbonyl (C=O) groups is 15. The van der Waals surface area contributed by atoms with Crippen molar-refractivity contribution in [2.24, 2.45) is 17.6 Å². The van der Waals surface area contributed by atoms with Crippen molar-refractivity contribution in [1.29, 1.82) is 0 Å². The highest BCUT2D eigenvalue weighted by molar-refractivity contribution is 7.98. The zero-order valence-electron chi connectivity index (χ0n) is 52.7. The number of nitrogens with one attached hydrogen (secondary N) is 13. The monoisotopic (exact) mass is 1350 g/mol. The molecule has 0 aliphatic carbocycles. The molecule has 1 aromatic carbocycles. The van der Waals surface area contributed by atoms with Crippen LogP contribution in [0.4, 0.5) is 0 Å². The maximum atomic E-state index is 14.0. The SMILES string of the molecule is CSCC[C@H](NC(=O)[C@H](C)NC(=O)[C@H](C)NC(=O)[C@@H](NC(=O)[C@@H](NC(=O)[C@H](CO)NC(=O)[C@H](CC(=O)O)NC(=O)[C@@H](N)CC(=O)O)C(C)C)C(C)C)C(=O)N[C@@H](CO)C(=O)N[C@@H](Cc1ccc(O)cc1)C(=O)N[C@@H](CO)C(=O)N[C@@H](Cc1cnc[nH]1)C(=O)N[C@@H](C)C(=O)O. The number of benzene rings is 1. The summed E-state index contributed by atoms with van der Waals surface area (Å²) in [5, 5.41) is 96.0. The highest BCUT2D eigenvalue weighted by atomic mass is 32.2. The molecule has 37 nitrogen and oxygen atoms in total. The molecule has 38 heteroatoms. The Bertz CT molecular complexity index is 2980. The van der Waals surface area contributed by atoms with Crippen LogP contribution in [0.3, 0.4) is 0 Å². The fourth-order valence-corrected chi connectivity index (χ4v) is 8.78. The molecule has 2 rings (SSSR count). The molecule has 0 saturated heterocycles. The maximum Gasteiger partial charge on any atom is 0.325 e. The number of carboxylic acid groups (broad SMARTS) is 3. The van der Waals surface area contributed by atoms with E-state index in [0.717, 1.165) is 0 Å². The number of carbonyl (C=O) groups excluding carboxylic acids is 12. The fraction of sp³-hybridized carbons (Fsp3) is 0.571. The molecule has 22 N–H and O–H groups in total. The zero-order chi connectivity index (χ0) is 71.3. The zero-order valence-corrected chi connectivity index (χ0v) is 53.5. The third-order valence-electron chi connectivity index (χ3n) is 13.8. The number of phenols is 1. The van der Waals surface area contributed by atoms with Gasteiger partial charge in [0.1, 0.15) is 78.3 Å². The van der Waals surface area contributed by atoms with Gasteiger partial charge in [-0.25, -0.2) is 4.98 Å². The second-order valence-electron chi connectivity index (χ2n) is 22.2. The highest BCUT2D eigenvalue weighted by Gasteiger charge is 2.38. The van der Waals surface area contributed by atoms with Crippen LogP contribution in [0.2, 0.25) is 0 Å². The standard InChI is InChI=1S/C56H85N15O22S/c1-24(2)42(71-55(91)43(25(3)4)70-53(89)39(22-74)69-50(86)36(18-41(78)79)64-46(82)32(57)17-40(76)77)54(90)61-26(5)44(80)60-27(6)45(81)63-33(13-14-94-8)47(83)67-37(20-72)51(87)65-34(15-29-9-11-31(75)12-10-29)49(85)68-38(21-73)52(88)66-35(16-30-19-58-23-59-30)48(84)62-28(7)56(92)93/h9-12,19,23-28,32-39,42-43,72-75H,13-18,20-22,57H2,1-8H3,(H,58,59)(H,60,80)(H,61,90)(H,62,84)(H,63,81)(H,64,82)(H,65,87)(H,66,88)(H,67,83)(H,68,85)(H,69,86)(H,70,89)(H,71,91)(H,76,77)(H,78,79)(H,92,93)/t26-,27-,28-,32-,33-,34-,35-,36-,37-,38-,39-,42-,43-/m0/s1. The molecule has 0 saturated carbocycles. The summed E-state index contributed by atoms with van der Waals surface area (Å²) in [5.41, 5.74) is 6.17. The number of aliphatic hydroxyl groups is 3. The number of aliphatic hydroxyl groups excluding tert-OH is 3. The van der Waals surface area contributed by atoms with E-state index in [1.807, 2.05) is 5.32 Å². The van der Waals surface area contributed by atoms with Crippen molar-refractivity contribution in [3.05, 3.63) is 48.0 Å². The number of carboxylic acids is 3. The van der Waals surface area contributed by atoms with Gasteiger partial charge in [0.05, 0.1) is 45.0 Å². The lowest BCUT2D eigenvalue weighted by Gasteiger charge is -2.29. The van der Waals surface area contributed by atoms with Gasteiger partial charge in [0.15, 0.2) is 0 Å². The van der Waals surface area contributed by atoms with Crippen molar-refractivity contribution in [3.63, 3.8) is 0 Å². The number of nitrogens with zero attached hydrogens (tertiary/aromatic N) is 1. The third kappa shape index (κ3) is 27.4. The van der Waals surface area contributed by atoms with Gasteiger partial charge < -0.3 is 110 Å². The molecule has 1 aromatic heterocycles. The number of phenolic OH excluding ortho intramolecular Hbond substituents is 1. The number of imidazole rings is 1. The molecule has 0 spiro atoms. The number of aliphatic carboxylic acids is 3. The molecule has 1 heterocycles. The quantitative estimate of drug-likeness (QED) is 0.0294. The molecular weight excluding hydrogens is 1270 g/mol. The Hall–Kier alpha value is -9.53. The molecule has 0 unspecified atom stereocenters. The van der Waals surface area contributed by atoms with E-state index >= 15 is 0 Å². The minimum atomic E-state index is -1.91. The second kappa shape index (κ2) is 39.8. The molecule has 0 radical (unpaired) electrons. The van der Waals surface area contributed by atoms with Crippen LogP contribution in [0.25, 0.3) is 0 Å². The van der Waals surface area contributed by atoms with Gasteiger partial charge in [0.25, 0.3) is 0 Å². The Labute approximate surface area is 542 Å². The van der Waals surface area contributed by atoms with Crippen LogP contribution in [-0.4, -0.2) is 245 Å². The number of aromatic nitrogens is 2. The van der Waals surface area contributed by atoms with Gasteiger partial charge in [-0.15, -0.1) is 0 Å². The summed E-state index contributed by atoms with van der Waals surface area (Å²) in [7, 11) is 0. The molecular formula is C56H85N15O22S. The number of amides is 12. The minimum absolute atomic E-state index is 0.0853. The molecule has 522 valence electrons. The molecule has 0 aliphatic rings. The van der Waals surface area contributed by atoms with Crippen LogP contribution in [0.1, 0.15) is 79.0 Å². The van der Waals surface area contributed by atoms with Crippen LogP contribution in [0.5, 0.6) is 5.75 Å². The number of hydrogen-bond acceptors (Lipinski definition) is 22. The number of hydrogen-bond donors (Lipinski definition) is 21. The Morgan fingerprint density at radius 1 is 0.457 bits per heavy atom. The Kier molecular flexibility index (Phi) is 34.1. The number of aromatic hydroxyl groups is 1. The molecule has 13 atom stereocenters. The van der Waals surface area contributed by atoms with E-state index in [1.165, 1.54) is 97.0 Å². The largest absolute Gasteiger partial charge is 0.508 e. The highest BCUT2D eigenvalue weighted by Crippen LogP contribution is 2.14. The first-order valence-electron chi connectivity index (χ1n) is 29.2. The minimum Gasteiger partial charge on any atom is -0.508 e. The summed E-state index contributed by atoms with van der Waals surface area (Å²) in [6, 6.07) is -15.5. The lowest BCUT2D eigenvalue weighted by Crippen LogP contribution is -2.62. The predicted molar refractivity (Wildman–Crippen MR) is 328 cm³/mol. The third-order valence-corrected chi connectivity index (χ3v) is 14.4. The van der Waals surface area contributed by atoms with Gasteiger partial charge in [0, 0.05) is 24.7 Å². The molecule has 0 aliphatic heterocycles. The van der Waals surface area contributed by atoms with E-state index in [-0.39, 0.29) is 30.8 Å². The number of rotatable bonds is 41. The molecule has 2 aromatic rings. The van der Waals surface area contributed by atoms with E-state index < -0.39 is 212 Å². The van der Waals surface area contributed by atoms with Gasteiger partial charge in [-0.3, -0.25) is 71.9 Å². The van der Waals surface area contributed by atoms with Crippen molar-refractivity contribution in [2.45, 2.75) is 159 Å². The number of H-pyrrole nitrogens is 1. The lowest BCUT2D eigenvalue weighted by molar-refractivity contribution is -0.142. The summed E-state index contributed by atoms with van der Waals surface area (Å²) in [6.07, 6.45) is 1.66. The first-order valence-corrected chi connectivity index (χ1v) is 30.6. The molecule has 12 amide bonds. The number of nitrogens with two attached hydrogens (primary N) is 1. The van der Waals surface area contributed by atoms with Gasteiger partial charge in [-0.2, -0.15) is 11.8 Å². The van der Waals surface area contributed by atoms with Gasteiger partial charge in [-0.1, -0.05) is 39.8 Å². The van der Waals surface area contributed by atoms with E-state index in [4.69, 9.17) is 10.8 Å². The Balaban J connectivity index is 2.22. The Morgan fingerprint density at radius 2 is 0.830 bits per heavy atom. The molecule has 0 fully saturated rings. The van der Waals surface area contributed by atoms with Crippen LogP contribution in [-0.2, 0) is 84.8 Å². The summed E-state index contributed by atoms with van der Waals surface area (Å²) in [6.45, 7) is 6.40. The lowest BCUT2D eigenvalue weighted by atomic mass is 9.99. The van der Waals surface area contributed by atoms with E-state index in [9.17, 15) is 103 Å². The van der Waals surface area contributed by atoms with Crippen LogP contribution in [0.15, 0.2) is 36.8 Å². The van der Waals surface area contributed by atoms with Crippen molar-refractivity contribution in [1.82, 2.24) is 73.8 Å². The fourth-order valence-electron chi connectivity index (χ4n) is 8.31. The number of aromatic amines is 1. The van der Waals surface area contributed by atoms with Gasteiger partial charge >= 0.3 is 17.9 Å². The van der Waals surface area contributed by atoms with E-state index in [1.54, 1.807) is 6.26 Å². The van der Waals surface area contributed by atoms with Crippen molar-refractivity contribution in [2.75, 3.05) is 31.8 Å². The van der Waals surface area contributed by atoms with Crippen molar-refractivity contribution in [3.8, 4) is 5.75 Å². The number of thioether (sulfide) groups is 1. The summed E-state index contributed by atoms with van der Waals surface area (Å²) in [4.78, 5) is 202. The summed E-state index contributed by atoms with van der Waals surface area (Å²) < 4.78 is 0. The molecule has 0 bridgehead atoms. The summed E-state index contributed by atoms with van der Waals surface area (Å²) in [5.74, 6) is -18.7. The smallest absolute Gasteiger partial charge is 0.325 e. The first kappa shape index (κ1) is 80.6. The second-order valence-corrected chi connectivity index (χ2v) is 23.2. The average molecular weight is 1350 g/mol.